The minimum absolute atomic E-state index is 0.0661. The van der Waals surface area contributed by atoms with Crippen molar-refractivity contribution in [2.45, 2.75) is 26.3 Å². The molecule has 0 aliphatic heterocycles. The van der Waals surface area contributed by atoms with Gasteiger partial charge in [0.15, 0.2) is 0 Å². The van der Waals surface area contributed by atoms with Crippen molar-refractivity contribution in [3.05, 3.63) is 41.3 Å². The highest BCUT2D eigenvalue weighted by molar-refractivity contribution is 7.21. The molecule has 1 heterocycles. The molecule has 1 atom stereocenters. The van der Waals surface area contributed by atoms with Crippen LogP contribution < -0.4 is 11.1 Å². The van der Waals surface area contributed by atoms with Crippen LogP contribution in [0.15, 0.2) is 30.9 Å². The van der Waals surface area contributed by atoms with Gasteiger partial charge in [-0.2, -0.15) is 0 Å². The molecule has 1 unspecified atom stereocenters. The van der Waals surface area contributed by atoms with Gasteiger partial charge in [0.05, 0.1) is 5.69 Å². The second kappa shape index (κ2) is 5.45. The lowest BCUT2D eigenvalue weighted by Crippen LogP contribution is -2.31. The predicted octanol–water partition coefficient (Wildman–Crippen LogP) is 3.49. The number of anilines is 1. The van der Waals surface area contributed by atoms with E-state index in [0.29, 0.717) is 10.6 Å². The molecule has 4 heteroatoms. The average molecular weight is 274 g/mol. The summed E-state index contributed by atoms with van der Waals surface area (Å²) in [6.07, 6.45) is 2.54. The number of nitrogens with one attached hydrogen (secondary N) is 1. The van der Waals surface area contributed by atoms with Gasteiger partial charge in [-0.15, -0.1) is 17.9 Å². The molecular formula is C15H18N2OS. The molecule has 0 bridgehead atoms. The first-order valence-corrected chi connectivity index (χ1v) is 7.05. The quantitative estimate of drug-likeness (QED) is 0.839. The summed E-state index contributed by atoms with van der Waals surface area (Å²) < 4.78 is 1.05. The topological polar surface area (TPSA) is 55.1 Å². The molecule has 3 N–H and O–H groups in total. The number of nitrogens with two attached hydrogens (primary N) is 1. The third-order valence-electron chi connectivity index (χ3n) is 2.99. The van der Waals surface area contributed by atoms with E-state index in [-0.39, 0.29) is 11.9 Å². The van der Waals surface area contributed by atoms with Gasteiger partial charge in [-0.3, -0.25) is 4.79 Å². The van der Waals surface area contributed by atoms with E-state index in [4.69, 9.17) is 5.73 Å². The van der Waals surface area contributed by atoms with Gasteiger partial charge >= 0.3 is 0 Å². The van der Waals surface area contributed by atoms with Gasteiger partial charge in [0.1, 0.15) is 4.88 Å². The number of carbonyl (C=O) groups excluding carboxylic acids is 1. The number of benzene rings is 1. The lowest BCUT2D eigenvalue weighted by atomic mass is 10.1. The largest absolute Gasteiger partial charge is 0.397 e. The summed E-state index contributed by atoms with van der Waals surface area (Å²) in [6, 6.07) is 6.12. The molecule has 19 heavy (non-hydrogen) atoms. The average Bonchev–Trinajstić information content (AvgIpc) is 2.67. The fourth-order valence-electron chi connectivity index (χ4n) is 2.00. The maximum absolute atomic E-state index is 12.2. The van der Waals surface area contributed by atoms with Crippen LogP contribution in [-0.2, 0) is 0 Å². The Labute approximate surface area is 117 Å². The van der Waals surface area contributed by atoms with Gasteiger partial charge in [-0.25, -0.2) is 0 Å². The molecule has 1 aromatic carbocycles. The maximum atomic E-state index is 12.2. The van der Waals surface area contributed by atoms with Crippen LogP contribution in [0.2, 0.25) is 0 Å². The Morgan fingerprint density at radius 3 is 3.00 bits per heavy atom. The zero-order chi connectivity index (χ0) is 14.0. The Morgan fingerprint density at radius 2 is 2.32 bits per heavy atom. The summed E-state index contributed by atoms with van der Waals surface area (Å²) in [6.45, 7) is 7.64. The Kier molecular flexibility index (Phi) is 3.90. The van der Waals surface area contributed by atoms with Crippen LogP contribution in [0.3, 0.4) is 0 Å². The number of fused-ring (bicyclic) bond motifs is 1. The van der Waals surface area contributed by atoms with Crippen LogP contribution in [0, 0.1) is 6.92 Å². The Hall–Kier alpha value is -1.81. The number of thiophene rings is 1. The van der Waals surface area contributed by atoms with Crippen molar-refractivity contribution in [3.63, 3.8) is 0 Å². The number of hydrogen-bond acceptors (Lipinski definition) is 3. The maximum Gasteiger partial charge on any atom is 0.263 e. The first-order valence-electron chi connectivity index (χ1n) is 6.23. The second-order valence-electron chi connectivity index (χ2n) is 4.74. The number of rotatable bonds is 4. The van der Waals surface area contributed by atoms with E-state index in [0.717, 1.165) is 22.1 Å². The summed E-state index contributed by atoms with van der Waals surface area (Å²) >= 11 is 1.44. The van der Waals surface area contributed by atoms with Crippen LogP contribution in [0.4, 0.5) is 5.69 Å². The van der Waals surface area contributed by atoms with E-state index >= 15 is 0 Å². The molecule has 0 spiro atoms. The third kappa shape index (κ3) is 2.79. The van der Waals surface area contributed by atoms with E-state index < -0.39 is 0 Å². The lowest BCUT2D eigenvalue weighted by Gasteiger charge is -2.10. The van der Waals surface area contributed by atoms with E-state index in [1.165, 1.54) is 11.3 Å². The lowest BCUT2D eigenvalue weighted by molar-refractivity contribution is 0.0945. The van der Waals surface area contributed by atoms with E-state index in [2.05, 4.69) is 11.9 Å². The summed E-state index contributed by atoms with van der Waals surface area (Å²) in [5.41, 5.74) is 7.81. The molecule has 1 amide bonds. The molecule has 0 aliphatic rings. The smallest absolute Gasteiger partial charge is 0.263 e. The van der Waals surface area contributed by atoms with Gasteiger partial charge in [0.25, 0.3) is 5.91 Å². The van der Waals surface area contributed by atoms with Crippen LogP contribution in [0.1, 0.15) is 28.6 Å². The molecule has 2 aromatic rings. The molecule has 0 radical (unpaired) electrons. The Bertz CT molecular complexity index is 630. The summed E-state index contributed by atoms with van der Waals surface area (Å²) in [5.74, 6) is -0.106. The van der Waals surface area contributed by atoms with Crippen LogP contribution in [0.5, 0.6) is 0 Å². The van der Waals surface area contributed by atoms with Crippen molar-refractivity contribution in [2.24, 2.45) is 0 Å². The molecule has 0 saturated heterocycles. The third-order valence-corrected chi connectivity index (χ3v) is 4.17. The van der Waals surface area contributed by atoms with Crippen molar-refractivity contribution >= 4 is 33.0 Å². The van der Waals surface area contributed by atoms with Gasteiger partial charge < -0.3 is 11.1 Å². The Morgan fingerprint density at radius 1 is 1.58 bits per heavy atom. The number of nitrogen functional groups attached to an aromatic ring is 1. The van der Waals surface area contributed by atoms with Crippen LogP contribution >= 0.6 is 11.3 Å². The van der Waals surface area contributed by atoms with Crippen molar-refractivity contribution < 1.29 is 4.79 Å². The second-order valence-corrected chi connectivity index (χ2v) is 5.80. The number of hydrogen-bond donors (Lipinski definition) is 2. The highest BCUT2D eigenvalue weighted by atomic mass is 32.1. The van der Waals surface area contributed by atoms with Crippen molar-refractivity contribution in [2.75, 3.05) is 5.73 Å². The van der Waals surface area contributed by atoms with Gasteiger partial charge in [0.2, 0.25) is 0 Å². The fourth-order valence-corrected chi connectivity index (χ4v) is 3.00. The van der Waals surface area contributed by atoms with Crippen molar-refractivity contribution in [3.8, 4) is 0 Å². The monoisotopic (exact) mass is 274 g/mol. The zero-order valence-corrected chi connectivity index (χ0v) is 12.0. The summed E-state index contributed by atoms with van der Waals surface area (Å²) in [4.78, 5) is 12.8. The Balaban J connectivity index is 2.32. The van der Waals surface area contributed by atoms with Crippen molar-refractivity contribution in [1.82, 2.24) is 5.32 Å². The highest BCUT2D eigenvalue weighted by Crippen LogP contribution is 2.34. The fraction of sp³-hybridized carbons (Fsp3) is 0.267. The SMILES string of the molecule is C=CCC(C)NC(=O)c1sc2ccc(C)cc2c1N. The highest BCUT2D eigenvalue weighted by Gasteiger charge is 2.17. The van der Waals surface area contributed by atoms with E-state index in [9.17, 15) is 4.79 Å². The van der Waals surface area contributed by atoms with Gasteiger partial charge in [0, 0.05) is 16.1 Å². The van der Waals surface area contributed by atoms with E-state index in [1.54, 1.807) is 6.08 Å². The zero-order valence-electron chi connectivity index (χ0n) is 11.2. The molecule has 3 nitrogen and oxygen atoms in total. The molecule has 0 saturated carbocycles. The minimum Gasteiger partial charge on any atom is -0.397 e. The standard InChI is InChI=1S/C15H18N2OS/c1-4-5-10(3)17-15(18)14-13(16)11-8-9(2)6-7-12(11)19-14/h4,6-8,10H,1,5,16H2,2-3H3,(H,17,18). The molecular weight excluding hydrogens is 256 g/mol. The molecule has 0 aliphatic carbocycles. The number of aryl methyl sites for hydroxylation is 1. The number of carbonyl (C=O) groups is 1. The van der Waals surface area contributed by atoms with Gasteiger partial charge in [-0.05, 0) is 32.4 Å². The predicted molar refractivity (Wildman–Crippen MR) is 82.7 cm³/mol. The van der Waals surface area contributed by atoms with Gasteiger partial charge in [-0.1, -0.05) is 17.7 Å². The molecule has 100 valence electrons. The molecule has 2 rings (SSSR count). The van der Waals surface area contributed by atoms with E-state index in [1.807, 2.05) is 32.0 Å². The molecule has 1 aromatic heterocycles. The molecule has 0 fully saturated rings. The first kappa shape index (κ1) is 13.6. The van der Waals surface area contributed by atoms with Crippen molar-refractivity contribution in [1.29, 1.82) is 0 Å². The number of amides is 1. The minimum atomic E-state index is -0.106. The summed E-state index contributed by atoms with van der Waals surface area (Å²) in [5, 5.41) is 3.90. The first-order chi connectivity index (χ1) is 9.02. The normalized spacial score (nSPS) is 12.3. The van der Waals surface area contributed by atoms with Crippen LogP contribution in [0.25, 0.3) is 10.1 Å². The van der Waals surface area contributed by atoms with Crippen LogP contribution in [-0.4, -0.2) is 11.9 Å². The summed E-state index contributed by atoms with van der Waals surface area (Å²) in [7, 11) is 0.